The quantitative estimate of drug-likeness (QED) is 0.0307. The van der Waals surface area contributed by atoms with Crippen LogP contribution < -0.4 is 0 Å². The Morgan fingerprint density at radius 1 is 0.626 bits per heavy atom. The molecule has 0 amide bonds. The molecule has 5 saturated heterocycles. The molecule has 0 aromatic heterocycles. The fraction of sp³-hybridized carbons (Fsp3) is 0.818. The van der Waals surface area contributed by atoms with E-state index in [4.69, 9.17) is 55.3 Å². The first-order valence-corrected chi connectivity index (χ1v) is 53.4. The van der Waals surface area contributed by atoms with Gasteiger partial charge in [0.2, 0.25) is 0 Å². The van der Waals surface area contributed by atoms with Crippen LogP contribution in [0.2, 0.25) is 90.7 Å². The van der Waals surface area contributed by atoms with Gasteiger partial charge in [0.05, 0.1) is 97.9 Å². The zero-order valence-electron chi connectivity index (χ0n) is 66.9. The third kappa shape index (κ3) is 22.2. The second kappa shape index (κ2) is 33.1. The molecule has 5 aliphatic rings. The maximum absolute atomic E-state index is 14.4. The molecule has 0 aliphatic carbocycles. The van der Waals surface area contributed by atoms with Crippen LogP contribution in [0.4, 0.5) is 0 Å². The van der Waals surface area contributed by atoms with Gasteiger partial charge in [0, 0.05) is 32.3 Å². The van der Waals surface area contributed by atoms with Crippen molar-refractivity contribution in [1.29, 1.82) is 0 Å². The zero-order valence-corrected chi connectivity index (χ0v) is 72.7. The van der Waals surface area contributed by atoms with Gasteiger partial charge in [-0.2, -0.15) is 0 Å². The number of ether oxygens (including phenoxy) is 7. The van der Waals surface area contributed by atoms with E-state index in [1.165, 1.54) is 7.11 Å². The number of ketones is 1. The number of benzene rings is 1. The Bertz CT molecular complexity index is 2990. The van der Waals surface area contributed by atoms with E-state index in [9.17, 15) is 18.0 Å². The van der Waals surface area contributed by atoms with Gasteiger partial charge in [-0.25, -0.2) is 8.42 Å². The summed E-state index contributed by atoms with van der Waals surface area (Å²) in [4.78, 5) is 27.4. The SMILES string of the molecule is C=C1C[C@H](CCC(=O)/C=C/C(O[Si](C)(C)C(C)(C)C)[C@@H]2O[C@H]3CC[C@H](CC(=O)OC)O[C@@H]3C(O[Si](C)(C)C(C)(C)C)C2O[Si](C)(C)C(C)(C)C)OC1CCC1C[C@@H](C)C(=C)C(CC2O[C@H](CC(CO[Si](C)(C)C(C)(C)C)O[Si](C)(C)C(C)(C)C)[C@H](OC)C2CS(=O)(=O)c2ccccc2)O1. The topological polar surface area (TPSA) is 179 Å². The van der Waals surface area contributed by atoms with E-state index in [0.717, 1.165) is 24.0 Å². The summed E-state index contributed by atoms with van der Waals surface area (Å²) < 4.78 is 113. The van der Waals surface area contributed by atoms with E-state index in [-0.39, 0.29) is 103 Å². The molecule has 0 spiro atoms. The number of methoxy groups -OCH3 is 2. The van der Waals surface area contributed by atoms with Crippen LogP contribution in [-0.2, 0) is 74.7 Å². The first kappa shape index (κ1) is 86.1. The normalized spacial score (nSPS) is 29.8. The van der Waals surface area contributed by atoms with Gasteiger partial charge in [0.1, 0.15) is 24.4 Å². The number of fused-ring (bicyclic) bond motifs is 1. The van der Waals surface area contributed by atoms with Crippen molar-refractivity contribution < 1.29 is 73.3 Å². The van der Waals surface area contributed by atoms with Crippen LogP contribution in [0.5, 0.6) is 0 Å². The molecule has 568 valence electrons. The summed E-state index contributed by atoms with van der Waals surface area (Å²) in [7, 11) is -12.9. The molecule has 99 heavy (non-hydrogen) atoms. The standard InChI is InChI=1S/C77H138O16SSi5/c1-51-44-56(86-64(53(51)3)48-65-60(50-94(80,81)59-34-32-31-33-35-59)68(83-20)66(88-65)46-58(90-96(23,24)74(7,8)9)49-84-95(21,22)73(4,5)6)39-42-61-52(2)45-55(85-61)38-36-54(78)37-41-63(91-97(25,26)75(10,11)12)70-72(93-99(29,30)77(16,17)18)71(92-98(27,28)76(13,14)15)69-62(89-70)43-40-57(87-69)47-67(79)82-19/h31-35,37,41,51,55-58,60-66,68-72H,2-3,36,38-40,42-50H2,1,4-30H3/b41-37+/t51-,55+,56?,57-,58?,60?,61?,62+,63?,64?,65?,66-,68-,69+,70+,71?,72?/m1/s1. The molecule has 0 saturated carbocycles. The molecule has 6 rings (SSSR count). The van der Waals surface area contributed by atoms with Gasteiger partial charge < -0.3 is 55.3 Å². The molecule has 0 bridgehead atoms. The predicted octanol–water partition coefficient (Wildman–Crippen LogP) is 17.8. The van der Waals surface area contributed by atoms with Gasteiger partial charge >= 0.3 is 5.97 Å². The summed E-state index contributed by atoms with van der Waals surface area (Å²) in [5.74, 6) is -0.886. The molecular weight excluding hydrogens is 1350 g/mol. The lowest BCUT2D eigenvalue weighted by Gasteiger charge is -2.56. The minimum atomic E-state index is -3.77. The number of hydrogen-bond acceptors (Lipinski definition) is 16. The Balaban J connectivity index is 1.19. The summed E-state index contributed by atoms with van der Waals surface area (Å²) in [5.41, 5.74) is 1.99. The highest BCUT2D eigenvalue weighted by atomic mass is 32.2. The van der Waals surface area contributed by atoms with Gasteiger partial charge in [0.25, 0.3) is 0 Å². The summed E-state index contributed by atoms with van der Waals surface area (Å²) >= 11 is 0. The molecule has 1 aromatic carbocycles. The highest BCUT2D eigenvalue weighted by molar-refractivity contribution is 7.91. The largest absolute Gasteiger partial charge is 0.469 e. The van der Waals surface area contributed by atoms with Crippen LogP contribution in [0.15, 0.2) is 71.7 Å². The summed E-state index contributed by atoms with van der Waals surface area (Å²) in [6.07, 6.45) is 3.03. The van der Waals surface area contributed by atoms with Gasteiger partial charge in [-0.3, -0.25) is 9.59 Å². The number of rotatable bonds is 30. The van der Waals surface area contributed by atoms with E-state index in [2.05, 4.69) is 189 Å². The number of carbonyl (C=O) groups is 2. The maximum Gasteiger partial charge on any atom is 0.308 e. The Morgan fingerprint density at radius 3 is 1.74 bits per heavy atom. The van der Waals surface area contributed by atoms with E-state index < -0.39 is 112 Å². The van der Waals surface area contributed by atoms with Crippen molar-refractivity contribution in [3.8, 4) is 0 Å². The highest BCUT2D eigenvalue weighted by Gasteiger charge is 2.59. The molecule has 5 fully saturated rings. The van der Waals surface area contributed by atoms with Crippen molar-refractivity contribution in [2.24, 2.45) is 11.8 Å². The van der Waals surface area contributed by atoms with Crippen LogP contribution in [0, 0.1) is 11.8 Å². The van der Waals surface area contributed by atoms with E-state index in [0.29, 0.717) is 51.6 Å². The van der Waals surface area contributed by atoms with Crippen LogP contribution in [0.1, 0.15) is 181 Å². The van der Waals surface area contributed by atoms with Crippen molar-refractivity contribution in [3.63, 3.8) is 0 Å². The minimum Gasteiger partial charge on any atom is -0.469 e. The maximum atomic E-state index is 14.4. The average molecular weight is 1490 g/mol. The molecule has 22 heteroatoms. The zero-order chi connectivity index (χ0) is 74.8. The van der Waals surface area contributed by atoms with Crippen LogP contribution in [0.25, 0.3) is 0 Å². The van der Waals surface area contributed by atoms with Gasteiger partial charge in [-0.05, 0) is 171 Å². The van der Waals surface area contributed by atoms with Gasteiger partial charge in [0.15, 0.2) is 57.2 Å². The van der Waals surface area contributed by atoms with Crippen LogP contribution in [-0.4, -0.2) is 180 Å². The third-order valence-electron chi connectivity index (χ3n) is 24.8. The van der Waals surface area contributed by atoms with Crippen LogP contribution in [0.3, 0.4) is 0 Å². The lowest BCUT2D eigenvalue weighted by molar-refractivity contribution is -0.267. The molecule has 0 radical (unpaired) electrons. The monoisotopic (exact) mass is 1490 g/mol. The first-order chi connectivity index (χ1) is 45.1. The lowest BCUT2D eigenvalue weighted by Crippen LogP contribution is -2.69. The molecule has 17 atom stereocenters. The molecule has 5 aliphatic heterocycles. The summed E-state index contributed by atoms with van der Waals surface area (Å²) in [6, 6.07) is 8.67. The van der Waals surface area contributed by atoms with Crippen molar-refractivity contribution in [1.82, 2.24) is 0 Å². The summed E-state index contributed by atoms with van der Waals surface area (Å²) in [5, 5.41) is -0.559. The average Bonchev–Trinajstić information content (AvgIpc) is 0.965. The Morgan fingerprint density at radius 2 is 1.18 bits per heavy atom. The number of allylic oxidation sites excluding steroid dienone is 1. The summed E-state index contributed by atoms with van der Waals surface area (Å²) in [6.45, 7) is 67.8. The number of carbonyl (C=O) groups excluding carboxylic acids is 2. The van der Waals surface area contributed by atoms with Gasteiger partial charge in [-0.1, -0.05) is 148 Å². The molecular formula is C77H138O16SSi5. The fourth-order valence-electron chi connectivity index (χ4n) is 13.0. The van der Waals surface area contributed by atoms with Crippen LogP contribution >= 0.6 is 0 Å². The smallest absolute Gasteiger partial charge is 0.308 e. The molecule has 5 heterocycles. The highest BCUT2D eigenvalue weighted by Crippen LogP contribution is 2.49. The Hall–Kier alpha value is -1.83. The predicted molar refractivity (Wildman–Crippen MR) is 412 cm³/mol. The third-order valence-corrected chi connectivity index (χ3v) is 49.0. The first-order valence-electron chi connectivity index (χ1n) is 37.2. The van der Waals surface area contributed by atoms with Crippen molar-refractivity contribution in [3.05, 3.63) is 66.8 Å². The number of esters is 1. The van der Waals surface area contributed by atoms with E-state index in [1.807, 2.05) is 12.1 Å². The Kier molecular flexibility index (Phi) is 28.8. The molecule has 16 nitrogen and oxygen atoms in total. The molecule has 9 unspecified atom stereocenters. The number of sulfone groups is 1. The molecule has 1 aromatic rings. The van der Waals surface area contributed by atoms with Crippen molar-refractivity contribution in [2.45, 2.75) is 369 Å². The van der Waals surface area contributed by atoms with Crippen molar-refractivity contribution in [2.75, 3.05) is 26.6 Å². The van der Waals surface area contributed by atoms with Gasteiger partial charge in [-0.15, -0.1) is 0 Å². The van der Waals surface area contributed by atoms with E-state index >= 15 is 0 Å². The van der Waals surface area contributed by atoms with E-state index in [1.54, 1.807) is 37.5 Å². The number of hydrogen-bond donors (Lipinski definition) is 0. The second-order valence-electron chi connectivity index (χ2n) is 37.5. The fourth-order valence-corrected chi connectivity index (χ4v) is 21.0. The molecule has 0 N–H and O–H groups in total. The van der Waals surface area contributed by atoms with Crippen molar-refractivity contribution >= 4 is 63.2 Å². The minimum absolute atomic E-state index is 0.00674. The Labute approximate surface area is 606 Å². The lowest BCUT2D eigenvalue weighted by atomic mass is 9.83. The second-order valence-corrected chi connectivity index (χ2v) is 63.3.